The predicted octanol–water partition coefficient (Wildman–Crippen LogP) is 10.8. The normalized spacial score (nSPS) is 12.7. The number of thiocarbonyl (C=S) groups is 2. The van der Waals surface area contributed by atoms with Crippen molar-refractivity contribution in [3.63, 3.8) is 0 Å². The molecule has 0 heterocycles. The second-order valence-electron chi connectivity index (χ2n) is 9.51. The molecule has 0 fully saturated rings. The van der Waals surface area contributed by atoms with Crippen LogP contribution >= 0.6 is 48.0 Å². The van der Waals surface area contributed by atoms with E-state index < -0.39 is 0 Å². The average Bonchev–Trinajstić information content (AvgIpc) is 2.99. The minimum Gasteiger partial charge on any atom is -0.471 e. The van der Waals surface area contributed by atoms with Crippen LogP contribution in [0.4, 0.5) is 0 Å². The lowest BCUT2D eigenvalue weighted by molar-refractivity contribution is 0.227. The lowest BCUT2D eigenvalue weighted by Crippen LogP contribution is -2.03. The van der Waals surface area contributed by atoms with Crippen molar-refractivity contribution in [3.05, 3.63) is 108 Å². The van der Waals surface area contributed by atoms with E-state index in [0.29, 0.717) is 8.77 Å². The van der Waals surface area contributed by atoms with Gasteiger partial charge in [-0.25, -0.2) is 0 Å². The summed E-state index contributed by atoms with van der Waals surface area (Å²) < 4.78 is 12.8. The largest absolute Gasteiger partial charge is 0.471 e. The summed E-state index contributed by atoms with van der Waals surface area (Å²) in [6, 6.07) is 34.7. The van der Waals surface area contributed by atoms with E-state index in [1.807, 2.05) is 26.4 Å². The smallest absolute Gasteiger partial charge is 0.220 e. The Balaban J connectivity index is 1.62. The number of hydrogen-bond acceptors (Lipinski definition) is 6. The molecule has 0 saturated carbocycles. The first kappa shape index (κ1) is 28.6. The molecule has 0 amide bonds. The topological polar surface area (TPSA) is 18.5 Å². The van der Waals surface area contributed by atoms with Crippen LogP contribution in [0.5, 0.6) is 0 Å². The highest BCUT2D eigenvalue weighted by molar-refractivity contribution is 8.22. The molecule has 0 aliphatic heterocycles. The summed E-state index contributed by atoms with van der Waals surface area (Å²) >= 11 is 13.4. The standard InChI is InChI=1S/C34H30O2S4/c1-21(35-33(37)39-3)23-13-17-25(18-14-23)31-27-9-5-7-11-29(27)32(30-12-8-6-10-28(30)31)26-19-15-24(16-20-26)22(2)36-34(38)40-4/h5-22H,1-4H3. The van der Waals surface area contributed by atoms with Crippen molar-refractivity contribution >= 4 is 78.3 Å². The molecule has 0 bridgehead atoms. The predicted molar refractivity (Wildman–Crippen MR) is 184 cm³/mol. The SMILES string of the molecule is CSC(=S)OC(C)c1ccc(-c2c3ccccc3c(-c3ccc(C(C)OC(=S)SC)cc3)c3ccccc23)cc1. The quantitative estimate of drug-likeness (QED) is 0.142. The lowest BCUT2D eigenvalue weighted by Gasteiger charge is -2.19. The van der Waals surface area contributed by atoms with Crippen molar-refractivity contribution in [2.75, 3.05) is 12.5 Å². The highest BCUT2D eigenvalue weighted by Crippen LogP contribution is 2.44. The fourth-order valence-corrected chi connectivity index (χ4v) is 5.88. The number of thioether (sulfide) groups is 2. The van der Waals surface area contributed by atoms with Gasteiger partial charge in [-0.3, -0.25) is 0 Å². The second kappa shape index (κ2) is 12.7. The molecule has 0 spiro atoms. The molecule has 2 atom stereocenters. The number of benzene rings is 5. The molecule has 5 aromatic carbocycles. The van der Waals surface area contributed by atoms with Gasteiger partial charge >= 0.3 is 0 Å². The van der Waals surface area contributed by atoms with E-state index in [9.17, 15) is 0 Å². The van der Waals surface area contributed by atoms with Gasteiger partial charge in [0.05, 0.1) is 0 Å². The van der Waals surface area contributed by atoms with Crippen molar-refractivity contribution in [2.24, 2.45) is 0 Å². The zero-order valence-corrected chi connectivity index (χ0v) is 26.1. The van der Waals surface area contributed by atoms with Gasteiger partial charge in [0, 0.05) is 0 Å². The Bertz CT molecular complexity index is 1490. The highest BCUT2D eigenvalue weighted by Gasteiger charge is 2.18. The summed E-state index contributed by atoms with van der Waals surface area (Å²) in [4.78, 5) is 0. The first-order valence-electron chi connectivity index (χ1n) is 13.0. The molecule has 5 rings (SSSR count). The van der Waals surface area contributed by atoms with E-state index >= 15 is 0 Å². The molecule has 202 valence electrons. The monoisotopic (exact) mass is 598 g/mol. The molecule has 2 nitrogen and oxygen atoms in total. The number of hydrogen-bond donors (Lipinski definition) is 0. The van der Waals surface area contributed by atoms with Crippen LogP contribution < -0.4 is 0 Å². The van der Waals surface area contributed by atoms with Crippen LogP contribution in [0.15, 0.2) is 97.1 Å². The molecule has 0 radical (unpaired) electrons. The minimum absolute atomic E-state index is 0.0998. The van der Waals surface area contributed by atoms with Gasteiger partial charge in [0.15, 0.2) is 0 Å². The highest BCUT2D eigenvalue weighted by atomic mass is 32.2. The third-order valence-corrected chi connectivity index (χ3v) is 9.20. The third kappa shape index (κ3) is 5.91. The Hall–Kier alpha value is -2.90. The molecule has 2 unspecified atom stereocenters. The van der Waals surface area contributed by atoms with Gasteiger partial charge in [-0.1, -0.05) is 121 Å². The van der Waals surface area contributed by atoms with Crippen molar-refractivity contribution in [1.29, 1.82) is 0 Å². The van der Waals surface area contributed by atoms with Crippen LogP contribution in [0.1, 0.15) is 37.2 Å². The van der Waals surface area contributed by atoms with E-state index in [1.165, 1.54) is 67.3 Å². The second-order valence-corrected chi connectivity index (χ2v) is 12.3. The van der Waals surface area contributed by atoms with E-state index in [2.05, 4.69) is 97.1 Å². The van der Waals surface area contributed by atoms with Crippen LogP contribution in [0.25, 0.3) is 43.8 Å². The summed E-state index contributed by atoms with van der Waals surface area (Å²) in [5, 5.41) is 4.90. The van der Waals surface area contributed by atoms with E-state index in [-0.39, 0.29) is 12.2 Å². The van der Waals surface area contributed by atoms with E-state index in [1.54, 1.807) is 0 Å². The van der Waals surface area contributed by atoms with Gasteiger partial charge in [-0.2, -0.15) is 0 Å². The Morgan fingerprint density at radius 1 is 0.525 bits per heavy atom. The van der Waals surface area contributed by atoms with Gasteiger partial charge < -0.3 is 9.47 Å². The Morgan fingerprint density at radius 2 is 0.825 bits per heavy atom. The Morgan fingerprint density at radius 3 is 1.10 bits per heavy atom. The average molecular weight is 599 g/mol. The van der Waals surface area contributed by atoms with Gasteiger partial charge in [0.1, 0.15) is 12.2 Å². The summed E-state index contributed by atoms with van der Waals surface area (Å²) in [5.41, 5.74) is 7.02. The third-order valence-electron chi connectivity index (χ3n) is 7.15. The summed E-state index contributed by atoms with van der Waals surface area (Å²) in [5.74, 6) is 0. The molecule has 0 aliphatic carbocycles. The molecular weight excluding hydrogens is 569 g/mol. The molecular formula is C34H30O2S4. The molecule has 0 aromatic heterocycles. The van der Waals surface area contributed by atoms with Gasteiger partial charge in [-0.05, 0) is 106 Å². The fourth-order valence-electron chi connectivity index (χ4n) is 5.11. The first-order chi connectivity index (χ1) is 19.4. The zero-order valence-electron chi connectivity index (χ0n) is 22.8. The molecule has 0 saturated heterocycles. The lowest BCUT2D eigenvalue weighted by atomic mass is 9.85. The van der Waals surface area contributed by atoms with Crippen molar-refractivity contribution in [2.45, 2.75) is 26.1 Å². The summed E-state index contributed by atoms with van der Waals surface area (Å²) in [6.45, 7) is 4.07. The molecule has 0 aliphatic rings. The minimum atomic E-state index is -0.0998. The van der Waals surface area contributed by atoms with Gasteiger partial charge in [0.2, 0.25) is 8.77 Å². The van der Waals surface area contributed by atoms with Crippen LogP contribution in [0.2, 0.25) is 0 Å². The van der Waals surface area contributed by atoms with Gasteiger partial charge in [0.25, 0.3) is 0 Å². The summed E-state index contributed by atoms with van der Waals surface area (Å²) in [6.07, 6.45) is 3.67. The van der Waals surface area contributed by atoms with Crippen molar-refractivity contribution < 1.29 is 9.47 Å². The number of fused-ring (bicyclic) bond motifs is 2. The molecule has 0 N–H and O–H groups in total. The van der Waals surface area contributed by atoms with Crippen LogP contribution in [-0.4, -0.2) is 21.3 Å². The molecule has 5 aromatic rings. The number of ether oxygens (including phenoxy) is 2. The maximum Gasteiger partial charge on any atom is 0.220 e. The van der Waals surface area contributed by atoms with Crippen LogP contribution in [-0.2, 0) is 9.47 Å². The maximum absolute atomic E-state index is 5.86. The van der Waals surface area contributed by atoms with Crippen molar-refractivity contribution in [1.82, 2.24) is 0 Å². The van der Waals surface area contributed by atoms with Crippen LogP contribution in [0, 0.1) is 0 Å². The first-order valence-corrected chi connectivity index (χ1v) is 16.3. The zero-order chi connectivity index (χ0) is 28.2. The Labute approximate surface area is 255 Å². The number of rotatable bonds is 6. The maximum atomic E-state index is 5.86. The van der Waals surface area contributed by atoms with Crippen LogP contribution in [0.3, 0.4) is 0 Å². The Kier molecular flexibility index (Phi) is 9.11. The molecule has 40 heavy (non-hydrogen) atoms. The molecule has 6 heteroatoms. The van der Waals surface area contributed by atoms with Gasteiger partial charge in [-0.15, -0.1) is 0 Å². The van der Waals surface area contributed by atoms with E-state index in [4.69, 9.17) is 33.9 Å². The summed E-state index contributed by atoms with van der Waals surface area (Å²) in [7, 11) is 0. The van der Waals surface area contributed by atoms with E-state index in [0.717, 1.165) is 11.1 Å². The van der Waals surface area contributed by atoms with Crippen molar-refractivity contribution in [3.8, 4) is 22.3 Å². The fraction of sp³-hybridized carbons (Fsp3) is 0.176.